The maximum absolute atomic E-state index is 12.7. The van der Waals surface area contributed by atoms with E-state index < -0.39 is 0 Å². The molecule has 6 nitrogen and oxygen atoms in total. The standard InChI is InChI=1S/C25H25ClN4O2/c1-25(2,3)23-14-19(30(29-23)18-8-5-7-17(26)13-18)15-27-24(32)28-22-9-4-6-16-12-20(31)10-11-21(16)22/h4-14,31H,15H2,1-3H3,(H2,27,28,32). The Morgan fingerprint density at radius 2 is 1.84 bits per heavy atom. The van der Waals surface area contributed by atoms with E-state index in [4.69, 9.17) is 16.7 Å². The zero-order valence-corrected chi connectivity index (χ0v) is 18.9. The molecule has 0 atom stereocenters. The highest BCUT2D eigenvalue weighted by Gasteiger charge is 2.21. The molecule has 0 aliphatic rings. The Bertz CT molecular complexity index is 1290. The minimum atomic E-state index is -0.332. The van der Waals surface area contributed by atoms with Gasteiger partial charge in [-0.25, -0.2) is 9.48 Å². The van der Waals surface area contributed by atoms with Crippen LogP contribution >= 0.6 is 11.6 Å². The molecule has 1 aromatic heterocycles. The molecule has 0 aliphatic heterocycles. The molecule has 0 aliphatic carbocycles. The fourth-order valence-corrected chi connectivity index (χ4v) is 3.65. The predicted octanol–water partition coefficient (Wildman–Crippen LogP) is 6.00. The minimum absolute atomic E-state index is 0.144. The van der Waals surface area contributed by atoms with E-state index >= 15 is 0 Å². The second kappa shape index (κ2) is 8.55. The van der Waals surface area contributed by atoms with E-state index in [-0.39, 0.29) is 23.7 Å². The van der Waals surface area contributed by atoms with E-state index in [1.807, 2.05) is 53.2 Å². The van der Waals surface area contributed by atoms with Crippen LogP contribution in [0.3, 0.4) is 0 Å². The molecule has 164 valence electrons. The van der Waals surface area contributed by atoms with Gasteiger partial charge in [-0.05, 0) is 53.9 Å². The van der Waals surface area contributed by atoms with Crippen molar-refractivity contribution >= 4 is 34.1 Å². The van der Waals surface area contributed by atoms with Gasteiger partial charge in [0.15, 0.2) is 0 Å². The molecule has 2 amide bonds. The minimum Gasteiger partial charge on any atom is -0.508 e. The number of aromatic nitrogens is 2. The van der Waals surface area contributed by atoms with Gasteiger partial charge in [0.1, 0.15) is 5.75 Å². The first kappa shape index (κ1) is 21.7. The first-order valence-corrected chi connectivity index (χ1v) is 10.7. The van der Waals surface area contributed by atoms with Crippen LogP contribution < -0.4 is 10.6 Å². The zero-order chi connectivity index (χ0) is 22.9. The molecule has 0 spiro atoms. The van der Waals surface area contributed by atoms with Crippen molar-refractivity contribution in [1.82, 2.24) is 15.1 Å². The number of phenolic OH excluding ortho intramolecular Hbond substituents is 1. The Morgan fingerprint density at radius 1 is 1.06 bits per heavy atom. The monoisotopic (exact) mass is 448 g/mol. The second-order valence-corrected chi connectivity index (χ2v) is 9.12. The summed E-state index contributed by atoms with van der Waals surface area (Å²) >= 11 is 6.18. The van der Waals surface area contributed by atoms with E-state index in [9.17, 15) is 9.90 Å². The number of halogens is 1. The predicted molar refractivity (Wildman–Crippen MR) is 129 cm³/mol. The third-order valence-electron chi connectivity index (χ3n) is 5.15. The summed E-state index contributed by atoms with van der Waals surface area (Å²) in [4.78, 5) is 12.7. The molecule has 7 heteroatoms. The molecule has 0 unspecified atom stereocenters. The maximum atomic E-state index is 12.7. The van der Waals surface area contributed by atoms with Gasteiger partial charge in [0, 0.05) is 15.8 Å². The van der Waals surface area contributed by atoms with Crippen molar-refractivity contribution in [3.8, 4) is 11.4 Å². The Balaban J connectivity index is 1.56. The smallest absolute Gasteiger partial charge is 0.319 e. The molecular formula is C25H25ClN4O2. The molecule has 1 heterocycles. The van der Waals surface area contributed by atoms with Gasteiger partial charge in [0.05, 0.1) is 29.3 Å². The van der Waals surface area contributed by atoms with Gasteiger partial charge in [-0.1, -0.05) is 50.6 Å². The van der Waals surface area contributed by atoms with Crippen LogP contribution in [0.5, 0.6) is 5.75 Å². The third-order valence-corrected chi connectivity index (χ3v) is 5.38. The summed E-state index contributed by atoms with van der Waals surface area (Å²) < 4.78 is 1.81. The summed E-state index contributed by atoms with van der Waals surface area (Å²) in [5, 5.41) is 22.6. The first-order valence-electron chi connectivity index (χ1n) is 10.3. The SMILES string of the molecule is CC(C)(C)c1cc(CNC(=O)Nc2cccc3cc(O)ccc23)n(-c2cccc(Cl)c2)n1. The number of benzene rings is 3. The lowest BCUT2D eigenvalue weighted by Gasteiger charge is -2.14. The normalized spacial score (nSPS) is 11.5. The summed E-state index contributed by atoms with van der Waals surface area (Å²) in [7, 11) is 0. The number of carbonyl (C=O) groups is 1. The molecule has 3 N–H and O–H groups in total. The summed E-state index contributed by atoms with van der Waals surface area (Å²) in [6.07, 6.45) is 0. The van der Waals surface area contributed by atoms with Crippen molar-refractivity contribution in [1.29, 1.82) is 0 Å². The highest BCUT2D eigenvalue weighted by atomic mass is 35.5. The molecule has 0 saturated heterocycles. The van der Waals surface area contributed by atoms with Crippen LogP contribution in [0.15, 0.2) is 66.7 Å². The fraction of sp³-hybridized carbons (Fsp3) is 0.200. The van der Waals surface area contributed by atoms with Crippen LogP contribution in [-0.2, 0) is 12.0 Å². The molecular weight excluding hydrogens is 424 g/mol. The van der Waals surface area contributed by atoms with Gasteiger partial charge in [-0.15, -0.1) is 0 Å². The highest BCUT2D eigenvalue weighted by molar-refractivity contribution is 6.30. The summed E-state index contributed by atoms with van der Waals surface area (Å²) in [5.41, 5.74) is 3.12. The van der Waals surface area contributed by atoms with E-state index in [1.165, 1.54) is 0 Å². The van der Waals surface area contributed by atoms with Gasteiger partial charge in [0.2, 0.25) is 0 Å². The fourth-order valence-electron chi connectivity index (χ4n) is 3.46. The number of nitrogens with zero attached hydrogens (tertiary/aromatic N) is 2. The quantitative estimate of drug-likeness (QED) is 0.358. The van der Waals surface area contributed by atoms with Gasteiger partial charge >= 0.3 is 6.03 Å². The van der Waals surface area contributed by atoms with Gasteiger partial charge in [-0.2, -0.15) is 5.10 Å². The van der Waals surface area contributed by atoms with Gasteiger partial charge in [0.25, 0.3) is 0 Å². The Hall–Kier alpha value is -3.51. The molecule has 0 radical (unpaired) electrons. The van der Waals surface area contributed by atoms with Crippen molar-refractivity contribution < 1.29 is 9.90 Å². The lowest BCUT2D eigenvalue weighted by molar-refractivity contribution is 0.251. The number of aromatic hydroxyl groups is 1. The molecule has 3 aromatic carbocycles. The average Bonchev–Trinajstić information content (AvgIpc) is 3.17. The molecule has 4 aromatic rings. The Morgan fingerprint density at radius 3 is 2.59 bits per heavy atom. The van der Waals surface area contributed by atoms with Crippen LogP contribution in [-0.4, -0.2) is 20.9 Å². The number of nitrogens with one attached hydrogen (secondary N) is 2. The number of amides is 2. The lowest BCUT2D eigenvalue weighted by Crippen LogP contribution is -2.29. The third kappa shape index (κ3) is 4.70. The summed E-state index contributed by atoms with van der Waals surface area (Å²) in [6, 6.07) is 19.7. The van der Waals surface area contributed by atoms with Gasteiger partial charge < -0.3 is 15.7 Å². The number of hydrogen-bond donors (Lipinski definition) is 3. The summed E-state index contributed by atoms with van der Waals surface area (Å²) in [6.45, 7) is 6.58. The molecule has 0 fully saturated rings. The van der Waals surface area contributed by atoms with Gasteiger partial charge in [-0.3, -0.25) is 0 Å². The number of fused-ring (bicyclic) bond motifs is 1. The molecule has 32 heavy (non-hydrogen) atoms. The number of hydrogen-bond acceptors (Lipinski definition) is 3. The Kier molecular flexibility index (Phi) is 5.80. The maximum Gasteiger partial charge on any atom is 0.319 e. The number of rotatable bonds is 4. The van der Waals surface area contributed by atoms with E-state index in [2.05, 4.69) is 31.4 Å². The topological polar surface area (TPSA) is 79.2 Å². The molecule has 0 bridgehead atoms. The van der Waals surface area contributed by atoms with E-state index in [0.29, 0.717) is 10.7 Å². The largest absolute Gasteiger partial charge is 0.508 e. The first-order chi connectivity index (χ1) is 15.2. The van der Waals surface area contributed by atoms with Crippen LogP contribution in [0.1, 0.15) is 32.2 Å². The number of phenols is 1. The van der Waals surface area contributed by atoms with Crippen LogP contribution in [0.25, 0.3) is 16.5 Å². The van der Waals surface area contributed by atoms with Crippen LogP contribution in [0, 0.1) is 0 Å². The van der Waals surface area contributed by atoms with Crippen molar-refractivity contribution in [2.75, 3.05) is 5.32 Å². The zero-order valence-electron chi connectivity index (χ0n) is 18.2. The van der Waals surface area contributed by atoms with Crippen molar-refractivity contribution in [2.24, 2.45) is 0 Å². The van der Waals surface area contributed by atoms with Crippen molar-refractivity contribution in [3.05, 3.63) is 83.1 Å². The van der Waals surface area contributed by atoms with Crippen LogP contribution in [0.4, 0.5) is 10.5 Å². The van der Waals surface area contributed by atoms with E-state index in [1.54, 1.807) is 18.2 Å². The number of carbonyl (C=O) groups excluding carboxylic acids is 1. The number of anilines is 1. The molecule has 4 rings (SSSR count). The molecule has 0 saturated carbocycles. The van der Waals surface area contributed by atoms with Crippen LogP contribution in [0.2, 0.25) is 5.02 Å². The second-order valence-electron chi connectivity index (χ2n) is 8.68. The van der Waals surface area contributed by atoms with Crippen molar-refractivity contribution in [2.45, 2.75) is 32.7 Å². The summed E-state index contributed by atoms with van der Waals surface area (Å²) in [5.74, 6) is 0.183. The number of urea groups is 1. The van der Waals surface area contributed by atoms with E-state index in [0.717, 1.165) is 27.8 Å². The lowest BCUT2D eigenvalue weighted by atomic mass is 9.92. The average molecular weight is 449 g/mol. The van der Waals surface area contributed by atoms with Crippen molar-refractivity contribution in [3.63, 3.8) is 0 Å². The Labute approximate surface area is 191 Å². The highest BCUT2D eigenvalue weighted by Crippen LogP contribution is 2.27.